The van der Waals surface area contributed by atoms with Gasteiger partial charge in [-0.2, -0.15) is 0 Å². The van der Waals surface area contributed by atoms with Crippen molar-refractivity contribution in [3.8, 4) is 11.5 Å². The number of likely N-dealkylation sites (tertiary alicyclic amines) is 1. The van der Waals surface area contributed by atoms with Crippen molar-refractivity contribution in [2.24, 2.45) is 5.92 Å². The molecule has 1 aromatic carbocycles. The lowest BCUT2D eigenvalue weighted by molar-refractivity contribution is -0.161. The number of rotatable bonds is 8. The lowest BCUT2D eigenvalue weighted by atomic mass is 9.80. The van der Waals surface area contributed by atoms with Crippen molar-refractivity contribution in [3.63, 3.8) is 0 Å². The second-order valence-corrected chi connectivity index (χ2v) is 9.31. The van der Waals surface area contributed by atoms with Gasteiger partial charge in [0.05, 0.1) is 7.11 Å². The topological polar surface area (TPSA) is 82.1 Å². The predicted octanol–water partition coefficient (Wildman–Crippen LogP) is 3.33. The number of methoxy groups -OCH3 is 1. The summed E-state index contributed by atoms with van der Waals surface area (Å²) in [6.45, 7) is 9.05. The largest absolute Gasteiger partial charge is 0.504 e. The summed E-state index contributed by atoms with van der Waals surface area (Å²) in [5.41, 5.74) is 0.261. The number of hydrogen-bond donors (Lipinski definition) is 2. The van der Waals surface area contributed by atoms with Crippen LogP contribution in [0.1, 0.15) is 58.4 Å². The second-order valence-electron chi connectivity index (χ2n) is 9.31. The number of amides is 2. The lowest BCUT2D eigenvalue weighted by Gasteiger charge is -2.52. The number of hydrogen-bond acceptors (Lipinski definition) is 5. The van der Waals surface area contributed by atoms with E-state index in [9.17, 15) is 14.7 Å². The maximum Gasteiger partial charge on any atom is 0.246 e. The smallest absolute Gasteiger partial charge is 0.246 e. The Labute approximate surface area is 197 Å². The first-order valence-corrected chi connectivity index (χ1v) is 11.5. The molecule has 180 valence electrons. The van der Waals surface area contributed by atoms with Crippen LogP contribution in [0.15, 0.2) is 18.2 Å². The average molecular weight is 468 g/mol. The standard InChI is InChI=1S/C24H37N3O4.ClH/c1-5-6-11-27-22(29)19(14-17(2)3)25-23(30)24(27)9-12-26(13-10-24)16-18-7-8-21(31-4)20(28)15-18;/h7-8,15,17,19,28H,5-6,9-14,16H2,1-4H3,(H,25,30);1H/t19-;/m0./s1. The number of ether oxygens (including phenoxy) is 1. The van der Waals surface area contributed by atoms with Gasteiger partial charge in [0.15, 0.2) is 11.5 Å². The highest BCUT2D eigenvalue weighted by molar-refractivity contribution is 6.00. The van der Waals surface area contributed by atoms with Crippen LogP contribution in [0.2, 0.25) is 0 Å². The van der Waals surface area contributed by atoms with E-state index in [-0.39, 0.29) is 30.0 Å². The number of unbranched alkanes of at least 4 members (excludes halogenated alkanes) is 1. The van der Waals surface area contributed by atoms with Gasteiger partial charge < -0.3 is 20.1 Å². The molecular formula is C24H38ClN3O4. The van der Waals surface area contributed by atoms with Gasteiger partial charge in [0, 0.05) is 26.2 Å². The highest BCUT2D eigenvalue weighted by Gasteiger charge is 2.53. The van der Waals surface area contributed by atoms with E-state index in [0.29, 0.717) is 44.0 Å². The fraction of sp³-hybridized carbons (Fsp3) is 0.667. The first-order chi connectivity index (χ1) is 14.8. The summed E-state index contributed by atoms with van der Waals surface area (Å²) in [6, 6.07) is 5.04. The molecule has 32 heavy (non-hydrogen) atoms. The van der Waals surface area contributed by atoms with Crippen LogP contribution in [0.25, 0.3) is 0 Å². The maximum absolute atomic E-state index is 13.3. The van der Waals surface area contributed by atoms with Crippen molar-refractivity contribution in [2.45, 2.75) is 71.0 Å². The van der Waals surface area contributed by atoms with Gasteiger partial charge in [0.2, 0.25) is 11.8 Å². The fourth-order valence-electron chi connectivity index (χ4n) is 4.82. The van der Waals surface area contributed by atoms with Crippen molar-refractivity contribution in [2.75, 3.05) is 26.7 Å². The van der Waals surface area contributed by atoms with Gasteiger partial charge in [0.1, 0.15) is 11.6 Å². The number of carbonyl (C=O) groups excluding carboxylic acids is 2. The van der Waals surface area contributed by atoms with Crippen molar-refractivity contribution < 1.29 is 19.4 Å². The quantitative estimate of drug-likeness (QED) is 0.612. The number of phenols is 1. The zero-order valence-corrected chi connectivity index (χ0v) is 20.5. The minimum Gasteiger partial charge on any atom is -0.504 e. The number of carbonyl (C=O) groups is 2. The van der Waals surface area contributed by atoms with Gasteiger partial charge in [-0.3, -0.25) is 14.5 Å². The van der Waals surface area contributed by atoms with E-state index in [1.54, 1.807) is 12.1 Å². The summed E-state index contributed by atoms with van der Waals surface area (Å²) >= 11 is 0. The monoisotopic (exact) mass is 467 g/mol. The van der Waals surface area contributed by atoms with E-state index in [4.69, 9.17) is 4.74 Å². The van der Waals surface area contributed by atoms with Crippen molar-refractivity contribution >= 4 is 24.2 Å². The fourth-order valence-corrected chi connectivity index (χ4v) is 4.82. The molecule has 0 aliphatic carbocycles. The zero-order chi connectivity index (χ0) is 22.6. The molecule has 2 heterocycles. The van der Waals surface area contributed by atoms with Crippen LogP contribution in [0, 0.1) is 5.92 Å². The molecule has 1 aromatic rings. The third-order valence-electron chi connectivity index (χ3n) is 6.58. The van der Waals surface area contributed by atoms with Crippen LogP contribution >= 0.6 is 12.4 Å². The molecule has 7 nitrogen and oxygen atoms in total. The third-order valence-corrected chi connectivity index (χ3v) is 6.58. The number of nitrogens with zero attached hydrogens (tertiary/aromatic N) is 2. The number of aromatic hydroxyl groups is 1. The van der Waals surface area contributed by atoms with E-state index in [0.717, 1.165) is 31.5 Å². The summed E-state index contributed by atoms with van der Waals surface area (Å²) < 4.78 is 5.12. The SMILES string of the molecule is CCCCN1C(=O)[C@H](CC(C)C)NC(=O)C12CCN(Cc1ccc(OC)c(O)c1)CC2.Cl. The first kappa shape index (κ1) is 26.3. The molecular weight excluding hydrogens is 430 g/mol. The molecule has 2 aliphatic rings. The highest BCUT2D eigenvalue weighted by atomic mass is 35.5. The Morgan fingerprint density at radius 3 is 2.50 bits per heavy atom. The highest BCUT2D eigenvalue weighted by Crippen LogP contribution is 2.35. The van der Waals surface area contributed by atoms with E-state index in [1.807, 2.05) is 11.0 Å². The molecule has 0 bridgehead atoms. The van der Waals surface area contributed by atoms with E-state index < -0.39 is 11.6 Å². The maximum atomic E-state index is 13.3. The second kappa shape index (κ2) is 11.2. The molecule has 2 aliphatic heterocycles. The van der Waals surface area contributed by atoms with Crippen LogP contribution in [0.3, 0.4) is 0 Å². The normalized spacial score (nSPS) is 20.9. The van der Waals surface area contributed by atoms with Crippen LogP contribution in [-0.4, -0.2) is 65.0 Å². The number of benzene rings is 1. The zero-order valence-electron chi connectivity index (χ0n) is 19.7. The molecule has 0 unspecified atom stereocenters. The van der Waals surface area contributed by atoms with E-state index in [1.165, 1.54) is 7.11 Å². The predicted molar refractivity (Wildman–Crippen MR) is 127 cm³/mol. The Balaban J connectivity index is 0.00000363. The van der Waals surface area contributed by atoms with Crippen LogP contribution in [0.5, 0.6) is 11.5 Å². The van der Waals surface area contributed by atoms with Gasteiger partial charge >= 0.3 is 0 Å². The number of phenolic OH excluding ortho intramolecular Hbond substituents is 1. The van der Waals surface area contributed by atoms with Gasteiger partial charge in [-0.15, -0.1) is 12.4 Å². The van der Waals surface area contributed by atoms with Gasteiger partial charge in [0.25, 0.3) is 0 Å². The van der Waals surface area contributed by atoms with Crippen molar-refractivity contribution in [1.29, 1.82) is 0 Å². The minimum absolute atomic E-state index is 0. The van der Waals surface area contributed by atoms with E-state index in [2.05, 4.69) is 31.0 Å². The molecule has 0 radical (unpaired) electrons. The Morgan fingerprint density at radius 2 is 1.94 bits per heavy atom. The molecule has 1 atom stereocenters. The summed E-state index contributed by atoms with van der Waals surface area (Å²) in [7, 11) is 1.53. The van der Waals surface area contributed by atoms with Crippen LogP contribution in [0.4, 0.5) is 0 Å². The number of halogens is 1. The Bertz CT molecular complexity index is 793. The molecule has 3 rings (SSSR count). The number of piperazine rings is 1. The first-order valence-electron chi connectivity index (χ1n) is 11.5. The summed E-state index contributed by atoms with van der Waals surface area (Å²) in [5.74, 6) is 1.03. The molecule has 0 aromatic heterocycles. The molecule has 2 fully saturated rings. The Hall–Kier alpha value is -1.99. The van der Waals surface area contributed by atoms with Crippen molar-refractivity contribution in [3.05, 3.63) is 23.8 Å². The summed E-state index contributed by atoms with van der Waals surface area (Å²) in [4.78, 5) is 30.8. The molecule has 0 saturated carbocycles. The molecule has 1 spiro atoms. The van der Waals surface area contributed by atoms with Gasteiger partial charge in [-0.1, -0.05) is 33.3 Å². The van der Waals surface area contributed by atoms with Gasteiger partial charge in [-0.25, -0.2) is 0 Å². The molecule has 2 amide bonds. The van der Waals surface area contributed by atoms with E-state index >= 15 is 0 Å². The molecule has 2 saturated heterocycles. The minimum atomic E-state index is -0.738. The molecule has 2 N–H and O–H groups in total. The van der Waals surface area contributed by atoms with Crippen LogP contribution < -0.4 is 10.1 Å². The summed E-state index contributed by atoms with van der Waals surface area (Å²) in [6.07, 6.45) is 3.83. The Kier molecular flexibility index (Phi) is 9.22. The van der Waals surface area contributed by atoms with Crippen molar-refractivity contribution in [1.82, 2.24) is 15.1 Å². The third kappa shape index (κ3) is 5.49. The van der Waals surface area contributed by atoms with Gasteiger partial charge in [-0.05, 0) is 49.3 Å². The lowest BCUT2D eigenvalue weighted by Crippen LogP contribution is -2.73. The van der Waals surface area contributed by atoms with Crippen LogP contribution in [-0.2, 0) is 16.1 Å². The number of nitrogens with one attached hydrogen (secondary N) is 1. The summed E-state index contributed by atoms with van der Waals surface area (Å²) in [5, 5.41) is 13.1. The average Bonchev–Trinajstić information content (AvgIpc) is 2.73. The number of piperidine rings is 1. The molecule has 8 heteroatoms. The Morgan fingerprint density at radius 1 is 1.25 bits per heavy atom.